The normalized spacial score (nSPS) is 12.7. The predicted molar refractivity (Wildman–Crippen MR) is 73.0 cm³/mol. The van der Waals surface area contributed by atoms with Crippen molar-refractivity contribution in [1.82, 2.24) is 0 Å². The van der Waals surface area contributed by atoms with Gasteiger partial charge < -0.3 is 4.42 Å². The standard InChI is InChI=1S/C13H12Br2O/c1-9-6-11(8-16-9)13(15)7-10-2-4-12(14)5-3-10/h2-6,8,13H,7H2,1H3. The summed E-state index contributed by atoms with van der Waals surface area (Å²) < 4.78 is 6.42. The summed E-state index contributed by atoms with van der Waals surface area (Å²) in [6.45, 7) is 1.96. The molecule has 0 bridgehead atoms. The number of rotatable bonds is 3. The largest absolute Gasteiger partial charge is 0.469 e. The van der Waals surface area contributed by atoms with E-state index in [1.807, 2.05) is 13.2 Å². The van der Waals surface area contributed by atoms with Gasteiger partial charge in [0, 0.05) is 14.9 Å². The first-order chi connectivity index (χ1) is 7.65. The fraction of sp³-hybridized carbons (Fsp3) is 0.231. The average molecular weight is 344 g/mol. The molecule has 84 valence electrons. The second-order valence-electron chi connectivity index (χ2n) is 3.79. The molecular weight excluding hydrogens is 332 g/mol. The SMILES string of the molecule is Cc1cc(C(Br)Cc2ccc(Br)cc2)co1. The maximum atomic E-state index is 5.30. The van der Waals surface area contributed by atoms with Crippen LogP contribution in [0.3, 0.4) is 0 Å². The van der Waals surface area contributed by atoms with Gasteiger partial charge in [-0.3, -0.25) is 0 Å². The first kappa shape index (κ1) is 11.9. The van der Waals surface area contributed by atoms with Crippen molar-refractivity contribution in [3.8, 4) is 0 Å². The Labute approximate surface area is 112 Å². The quantitative estimate of drug-likeness (QED) is 0.712. The fourth-order valence-corrected chi connectivity index (χ4v) is 2.45. The van der Waals surface area contributed by atoms with Gasteiger partial charge in [-0.05, 0) is 37.1 Å². The lowest BCUT2D eigenvalue weighted by Crippen LogP contribution is -1.93. The van der Waals surface area contributed by atoms with Crippen LogP contribution in [0.15, 0.2) is 45.5 Å². The van der Waals surface area contributed by atoms with E-state index in [0.717, 1.165) is 16.7 Å². The number of halogens is 2. The van der Waals surface area contributed by atoms with Crippen LogP contribution in [-0.4, -0.2) is 0 Å². The highest BCUT2D eigenvalue weighted by atomic mass is 79.9. The van der Waals surface area contributed by atoms with Crippen LogP contribution in [-0.2, 0) is 6.42 Å². The van der Waals surface area contributed by atoms with E-state index in [9.17, 15) is 0 Å². The van der Waals surface area contributed by atoms with Gasteiger partial charge in [0.15, 0.2) is 0 Å². The molecular formula is C13H12Br2O. The van der Waals surface area contributed by atoms with Crippen LogP contribution in [0.1, 0.15) is 21.7 Å². The Balaban J connectivity index is 2.07. The smallest absolute Gasteiger partial charge is 0.101 e. The number of aryl methyl sites for hydroxylation is 1. The van der Waals surface area contributed by atoms with E-state index >= 15 is 0 Å². The zero-order valence-electron chi connectivity index (χ0n) is 8.91. The fourth-order valence-electron chi connectivity index (χ4n) is 1.57. The lowest BCUT2D eigenvalue weighted by Gasteiger charge is -2.07. The molecule has 1 aromatic carbocycles. The molecule has 0 aliphatic heterocycles. The molecule has 3 heteroatoms. The third-order valence-corrected chi connectivity index (χ3v) is 3.82. The van der Waals surface area contributed by atoms with Crippen LogP contribution in [0.25, 0.3) is 0 Å². The van der Waals surface area contributed by atoms with E-state index in [-0.39, 0.29) is 0 Å². The Morgan fingerprint density at radius 3 is 2.50 bits per heavy atom. The Kier molecular flexibility index (Phi) is 3.87. The summed E-state index contributed by atoms with van der Waals surface area (Å²) in [5.74, 6) is 0.954. The molecule has 1 nitrogen and oxygen atoms in total. The molecule has 0 amide bonds. The summed E-state index contributed by atoms with van der Waals surface area (Å²) in [5.41, 5.74) is 2.50. The molecule has 1 aromatic heterocycles. The summed E-state index contributed by atoms with van der Waals surface area (Å²) in [5, 5.41) is 0. The van der Waals surface area contributed by atoms with Gasteiger partial charge in [-0.2, -0.15) is 0 Å². The second-order valence-corrected chi connectivity index (χ2v) is 5.81. The highest BCUT2D eigenvalue weighted by Crippen LogP contribution is 2.28. The van der Waals surface area contributed by atoms with E-state index < -0.39 is 0 Å². The highest BCUT2D eigenvalue weighted by molar-refractivity contribution is 9.10. The van der Waals surface area contributed by atoms with E-state index in [2.05, 4.69) is 62.2 Å². The third-order valence-electron chi connectivity index (χ3n) is 2.44. The van der Waals surface area contributed by atoms with Crippen molar-refractivity contribution >= 4 is 31.9 Å². The Morgan fingerprint density at radius 1 is 1.25 bits per heavy atom. The van der Waals surface area contributed by atoms with Crippen LogP contribution in [0, 0.1) is 6.92 Å². The molecule has 2 rings (SSSR count). The zero-order valence-corrected chi connectivity index (χ0v) is 12.1. The summed E-state index contributed by atoms with van der Waals surface area (Å²) in [4.78, 5) is 0.311. The minimum atomic E-state index is 0.311. The Hall–Kier alpha value is -0.540. The van der Waals surface area contributed by atoms with Gasteiger partial charge >= 0.3 is 0 Å². The number of hydrogen-bond donors (Lipinski definition) is 0. The van der Waals surface area contributed by atoms with Gasteiger partial charge in [0.1, 0.15) is 5.76 Å². The lowest BCUT2D eigenvalue weighted by atomic mass is 10.1. The number of hydrogen-bond acceptors (Lipinski definition) is 1. The van der Waals surface area contributed by atoms with Crippen molar-refractivity contribution in [2.45, 2.75) is 18.2 Å². The van der Waals surface area contributed by atoms with Crippen molar-refractivity contribution in [1.29, 1.82) is 0 Å². The summed E-state index contributed by atoms with van der Waals surface area (Å²) in [6, 6.07) is 10.5. The molecule has 0 N–H and O–H groups in total. The molecule has 0 spiro atoms. The maximum Gasteiger partial charge on any atom is 0.101 e. The topological polar surface area (TPSA) is 13.1 Å². The molecule has 0 fully saturated rings. The average Bonchev–Trinajstić information content (AvgIpc) is 2.68. The minimum absolute atomic E-state index is 0.311. The van der Waals surface area contributed by atoms with Gasteiger partial charge in [0.2, 0.25) is 0 Å². The zero-order chi connectivity index (χ0) is 11.5. The summed E-state index contributed by atoms with van der Waals surface area (Å²) in [6.07, 6.45) is 2.78. The number of alkyl halides is 1. The van der Waals surface area contributed by atoms with Gasteiger partial charge in [-0.1, -0.05) is 44.0 Å². The summed E-state index contributed by atoms with van der Waals surface area (Å²) in [7, 11) is 0. The van der Waals surface area contributed by atoms with Crippen molar-refractivity contribution in [3.05, 3.63) is 58.0 Å². The molecule has 1 heterocycles. The van der Waals surface area contributed by atoms with Crippen LogP contribution >= 0.6 is 31.9 Å². The predicted octanol–water partition coefficient (Wildman–Crippen LogP) is 5.03. The maximum absolute atomic E-state index is 5.30. The molecule has 0 aliphatic carbocycles. The van der Waals surface area contributed by atoms with E-state index in [1.165, 1.54) is 11.1 Å². The van der Waals surface area contributed by atoms with E-state index in [4.69, 9.17) is 4.42 Å². The van der Waals surface area contributed by atoms with Crippen LogP contribution in [0.4, 0.5) is 0 Å². The molecule has 16 heavy (non-hydrogen) atoms. The molecule has 1 unspecified atom stereocenters. The van der Waals surface area contributed by atoms with E-state index in [0.29, 0.717) is 4.83 Å². The minimum Gasteiger partial charge on any atom is -0.469 e. The molecule has 1 atom stereocenters. The van der Waals surface area contributed by atoms with Crippen molar-refractivity contribution < 1.29 is 4.42 Å². The molecule has 2 aromatic rings. The summed E-state index contributed by atoms with van der Waals surface area (Å²) >= 11 is 7.12. The van der Waals surface area contributed by atoms with Gasteiger partial charge in [-0.15, -0.1) is 0 Å². The monoisotopic (exact) mass is 342 g/mol. The third kappa shape index (κ3) is 2.98. The number of furan rings is 1. The molecule has 0 aliphatic rings. The first-order valence-corrected chi connectivity index (χ1v) is 6.79. The second kappa shape index (κ2) is 5.19. The lowest BCUT2D eigenvalue weighted by molar-refractivity contribution is 0.531. The molecule has 0 saturated heterocycles. The van der Waals surface area contributed by atoms with Crippen molar-refractivity contribution in [2.75, 3.05) is 0 Å². The number of benzene rings is 1. The highest BCUT2D eigenvalue weighted by Gasteiger charge is 2.10. The van der Waals surface area contributed by atoms with Crippen molar-refractivity contribution in [3.63, 3.8) is 0 Å². The Morgan fingerprint density at radius 2 is 1.94 bits per heavy atom. The van der Waals surface area contributed by atoms with Crippen LogP contribution in [0.2, 0.25) is 0 Å². The van der Waals surface area contributed by atoms with Crippen LogP contribution in [0.5, 0.6) is 0 Å². The van der Waals surface area contributed by atoms with Gasteiger partial charge in [0.05, 0.1) is 6.26 Å². The Bertz CT molecular complexity index is 459. The van der Waals surface area contributed by atoms with Gasteiger partial charge in [0.25, 0.3) is 0 Å². The molecule has 0 saturated carbocycles. The van der Waals surface area contributed by atoms with Crippen molar-refractivity contribution in [2.24, 2.45) is 0 Å². The van der Waals surface area contributed by atoms with Crippen LogP contribution < -0.4 is 0 Å². The molecule has 0 radical (unpaired) electrons. The van der Waals surface area contributed by atoms with E-state index in [1.54, 1.807) is 0 Å². The first-order valence-electron chi connectivity index (χ1n) is 5.08. The van der Waals surface area contributed by atoms with Gasteiger partial charge in [-0.25, -0.2) is 0 Å².